The summed E-state index contributed by atoms with van der Waals surface area (Å²) in [5.74, 6) is 0.0963. The number of hydrogen-bond acceptors (Lipinski definition) is 2. The third-order valence-electron chi connectivity index (χ3n) is 3.11. The maximum atomic E-state index is 14.0. The molecule has 0 aliphatic rings. The van der Waals surface area contributed by atoms with Crippen LogP contribution in [0.2, 0.25) is 5.02 Å². The van der Waals surface area contributed by atoms with Crippen molar-refractivity contribution in [3.63, 3.8) is 0 Å². The molecular formula is C16H11ClFNO. The Hall–Kier alpha value is -2.13. The topological polar surface area (TPSA) is 22.1 Å². The average molecular weight is 288 g/mol. The standard InChI is InChI=1S/C16H11ClFNO/c1-20-14-8-7-12(18)16-15(14)11(17)9-13(19-16)10-5-3-2-4-6-10/h2-9H,1H3. The highest BCUT2D eigenvalue weighted by molar-refractivity contribution is 6.36. The first-order valence-electron chi connectivity index (χ1n) is 6.09. The van der Waals surface area contributed by atoms with Crippen molar-refractivity contribution < 1.29 is 9.13 Å². The highest BCUT2D eigenvalue weighted by Crippen LogP contribution is 2.35. The SMILES string of the molecule is COc1ccc(F)c2nc(-c3ccccc3)cc(Cl)c12. The van der Waals surface area contributed by atoms with Crippen LogP contribution in [0.15, 0.2) is 48.5 Å². The first kappa shape index (κ1) is 12.9. The molecule has 1 heterocycles. The lowest BCUT2D eigenvalue weighted by molar-refractivity contribution is 0.419. The molecular weight excluding hydrogens is 277 g/mol. The van der Waals surface area contributed by atoms with E-state index in [-0.39, 0.29) is 5.52 Å². The van der Waals surface area contributed by atoms with Gasteiger partial charge < -0.3 is 4.74 Å². The number of halogens is 2. The Morgan fingerprint density at radius 1 is 1.10 bits per heavy atom. The number of nitrogens with zero attached hydrogens (tertiary/aromatic N) is 1. The van der Waals surface area contributed by atoms with Gasteiger partial charge in [0.05, 0.1) is 23.2 Å². The molecule has 0 amide bonds. The summed E-state index contributed by atoms with van der Waals surface area (Å²) in [7, 11) is 1.52. The van der Waals surface area contributed by atoms with Gasteiger partial charge in [0.1, 0.15) is 17.1 Å². The van der Waals surface area contributed by atoms with Gasteiger partial charge in [0.15, 0.2) is 0 Å². The fourth-order valence-electron chi connectivity index (χ4n) is 2.16. The van der Waals surface area contributed by atoms with Crippen LogP contribution in [0.4, 0.5) is 4.39 Å². The summed E-state index contributed by atoms with van der Waals surface area (Å²) >= 11 is 6.28. The van der Waals surface area contributed by atoms with E-state index in [0.717, 1.165) is 5.56 Å². The van der Waals surface area contributed by atoms with Gasteiger partial charge in [-0.25, -0.2) is 9.37 Å². The molecule has 0 aliphatic heterocycles. The molecule has 2 nitrogen and oxygen atoms in total. The highest BCUT2D eigenvalue weighted by atomic mass is 35.5. The first-order chi connectivity index (χ1) is 9.70. The molecule has 20 heavy (non-hydrogen) atoms. The first-order valence-corrected chi connectivity index (χ1v) is 6.46. The van der Waals surface area contributed by atoms with Crippen LogP contribution >= 0.6 is 11.6 Å². The summed E-state index contributed by atoms with van der Waals surface area (Å²) in [4.78, 5) is 4.38. The largest absolute Gasteiger partial charge is 0.496 e. The predicted octanol–water partition coefficient (Wildman–Crippen LogP) is 4.70. The molecule has 0 radical (unpaired) electrons. The van der Waals surface area contributed by atoms with Gasteiger partial charge in [0, 0.05) is 5.56 Å². The van der Waals surface area contributed by atoms with Gasteiger partial charge in [0.25, 0.3) is 0 Å². The number of pyridine rings is 1. The number of aromatic nitrogens is 1. The lowest BCUT2D eigenvalue weighted by Gasteiger charge is -2.10. The minimum atomic E-state index is -0.416. The summed E-state index contributed by atoms with van der Waals surface area (Å²) in [6.45, 7) is 0. The molecule has 0 bridgehead atoms. The van der Waals surface area contributed by atoms with Crippen molar-refractivity contribution in [3.05, 3.63) is 59.4 Å². The fourth-order valence-corrected chi connectivity index (χ4v) is 2.45. The summed E-state index contributed by atoms with van der Waals surface area (Å²) in [6, 6.07) is 14.1. The number of rotatable bonds is 2. The minimum Gasteiger partial charge on any atom is -0.496 e. The summed E-state index contributed by atoms with van der Waals surface area (Å²) in [5.41, 5.74) is 1.74. The van der Waals surface area contributed by atoms with Crippen LogP contribution in [0.5, 0.6) is 5.75 Å². The van der Waals surface area contributed by atoms with E-state index >= 15 is 0 Å². The normalized spacial score (nSPS) is 10.8. The van der Waals surface area contributed by atoms with E-state index < -0.39 is 5.82 Å². The second kappa shape index (κ2) is 5.10. The van der Waals surface area contributed by atoms with Crippen molar-refractivity contribution in [2.24, 2.45) is 0 Å². The van der Waals surface area contributed by atoms with E-state index in [2.05, 4.69) is 4.98 Å². The van der Waals surface area contributed by atoms with Gasteiger partial charge in [-0.1, -0.05) is 41.9 Å². The van der Waals surface area contributed by atoms with E-state index in [9.17, 15) is 4.39 Å². The third-order valence-corrected chi connectivity index (χ3v) is 3.41. The van der Waals surface area contributed by atoms with Crippen molar-refractivity contribution in [1.29, 1.82) is 0 Å². The zero-order chi connectivity index (χ0) is 14.1. The number of benzene rings is 2. The van der Waals surface area contributed by atoms with Crippen molar-refractivity contribution in [2.75, 3.05) is 7.11 Å². The molecule has 0 spiro atoms. The van der Waals surface area contributed by atoms with Gasteiger partial charge >= 0.3 is 0 Å². The molecule has 2 aromatic carbocycles. The van der Waals surface area contributed by atoms with E-state index in [0.29, 0.717) is 21.9 Å². The maximum absolute atomic E-state index is 14.0. The Labute approximate surface area is 120 Å². The smallest absolute Gasteiger partial charge is 0.149 e. The molecule has 1 aromatic heterocycles. The highest BCUT2D eigenvalue weighted by Gasteiger charge is 2.14. The van der Waals surface area contributed by atoms with Crippen LogP contribution in [0.25, 0.3) is 22.2 Å². The molecule has 3 rings (SSSR count). The Balaban J connectivity index is 2.32. The summed E-state index contributed by atoms with van der Waals surface area (Å²) < 4.78 is 19.2. The maximum Gasteiger partial charge on any atom is 0.149 e. The van der Waals surface area contributed by atoms with Gasteiger partial charge in [-0.15, -0.1) is 0 Å². The van der Waals surface area contributed by atoms with Crippen molar-refractivity contribution in [3.8, 4) is 17.0 Å². The van der Waals surface area contributed by atoms with E-state index in [1.54, 1.807) is 12.1 Å². The minimum absolute atomic E-state index is 0.218. The molecule has 0 unspecified atom stereocenters. The zero-order valence-electron chi connectivity index (χ0n) is 10.7. The number of methoxy groups -OCH3 is 1. The van der Waals surface area contributed by atoms with Crippen molar-refractivity contribution >= 4 is 22.5 Å². The van der Waals surface area contributed by atoms with Crippen LogP contribution in [-0.2, 0) is 0 Å². The second-order valence-electron chi connectivity index (χ2n) is 4.33. The Morgan fingerprint density at radius 2 is 1.85 bits per heavy atom. The van der Waals surface area contributed by atoms with E-state index in [1.165, 1.54) is 13.2 Å². The van der Waals surface area contributed by atoms with Gasteiger partial charge in [-0.3, -0.25) is 0 Å². The van der Waals surface area contributed by atoms with Crippen LogP contribution in [0.3, 0.4) is 0 Å². The van der Waals surface area contributed by atoms with Crippen LogP contribution in [-0.4, -0.2) is 12.1 Å². The number of hydrogen-bond donors (Lipinski definition) is 0. The molecule has 0 N–H and O–H groups in total. The molecule has 100 valence electrons. The lowest BCUT2D eigenvalue weighted by atomic mass is 10.1. The quantitative estimate of drug-likeness (QED) is 0.681. The van der Waals surface area contributed by atoms with Crippen molar-refractivity contribution in [1.82, 2.24) is 4.98 Å². The third kappa shape index (κ3) is 2.10. The molecule has 0 atom stereocenters. The summed E-state index contributed by atoms with van der Waals surface area (Å²) in [6.07, 6.45) is 0. The predicted molar refractivity (Wildman–Crippen MR) is 78.7 cm³/mol. The van der Waals surface area contributed by atoms with Gasteiger partial charge in [0.2, 0.25) is 0 Å². The molecule has 0 fully saturated rings. The second-order valence-corrected chi connectivity index (χ2v) is 4.74. The average Bonchev–Trinajstić information content (AvgIpc) is 2.49. The number of ether oxygens (including phenoxy) is 1. The number of fused-ring (bicyclic) bond motifs is 1. The molecule has 0 saturated carbocycles. The fraction of sp³-hybridized carbons (Fsp3) is 0.0625. The van der Waals surface area contributed by atoms with E-state index in [4.69, 9.17) is 16.3 Å². The van der Waals surface area contributed by atoms with Crippen LogP contribution in [0.1, 0.15) is 0 Å². The Morgan fingerprint density at radius 3 is 2.55 bits per heavy atom. The molecule has 0 saturated heterocycles. The van der Waals surface area contributed by atoms with Crippen LogP contribution in [0, 0.1) is 5.82 Å². The monoisotopic (exact) mass is 287 g/mol. The van der Waals surface area contributed by atoms with Crippen molar-refractivity contribution in [2.45, 2.75) is 0 Å². The Kier molecular flexibility index (Phi) is 3.28. The Bertz CT molecular complexity index is 774. The lowest BCUT2D eigenvalue weighted by Crippen LogP contribution is -1.93. The molecule has 3 aromatic rings. The van der Waals surface area contributed by atoms with Gasteiger partial charge in [-0.05, 0) is 18.2 Å². The van der Waals surface area contributed by atoms with E-state index in [1.807, 2.05) is 30.3 Å². The molecule has 4 heteroatoms. The molecule has 0 aliphatic carbocycles. The zero-order valence-corrected chi connectivity index (χ0v) is 11.5. The van der Waals surface area contributed by atoms with Gasteiger partial charge in [-0.2, -0.15) is 0 Å². The van der Waals surface area contributed by atoms with Crippen LogP contribution < -0.4 is 4.74 Å². The summed E-state index contributed by atoms with van der Waals surface area (Å²) in [5, 5.41) is 0.916.